The van der Waals surface area contributed by atoms with E-state index < -0.39 is 30.6 Å². The standard InChI is InChI=1S/C8H17NO4/c1-4-6(10)5(9(2)3)7(11)8(12)13-4/h4-8,10-12H,1-3H3/t4?,5?,6-,7?,8-/m0/s1. The van der Waals surface area contributed by atoms with Crippen molar-refractivity contribution in [3.8, 4) is 0 Å². The topological polar surface area (TPSA) is 73.2 Å². The lowest BCUT2D eigenvalue weighted by molar-refractivity contribution is -0.263. The lowest BCUT2D eigenvalue weighted by atomic mass is 9.96. The van der Waals surface area contributed by atoms with Gasteiger partial charge in [-0.15, -0.1) is 0 Å². The van der Waals surface area contributed by atoms with Crippen molar-refractivity contribution < 1.29 is 20.1 Å². The van der Waals surface area contributed by atoms with Crippen molar-refractivity contribution in [3.05, 3.63) is 0 Å². The summed E-state index contributed by atoms with van der Waals surface area (Å²) < 4.78 is 4.92. The van der Waals surface area contributed by atoms with Crippen LogP contribution in [0.5, 0.6) is 0 Å². The smallest absolute Gasteiger partial charge is 0.182 e. The van der Waals surface area contributed by atoms with Gasteiger partial charge >= 0.3 is 0 Å². The van der Waals surface area contributed by atoms with Crippen molar-refractivity contribution >= 4 is 0 Å². The van der Waals surface area contributed by atoms with Crippen molar-refractivity contribution in [1.82, 2.24) is 4.90 Å². The molecular weight excluding hydrogens is 174 g/mol. The first-order valence-corrected chi connectivity index (χ1v) is 4.31. The Morgan fingerprint density at radius 3 is 2.08 bits per heavy atom. The average Bonchev–Trinajstić information content (AvgIpc) is 2.01. The lowest BCUT2D eigenvalue weighted by Crippen LogP contribution is -2.61. The lowest BCUT2D eigenvalue weighted by Gasteiger charge is -2.42. The van der Waals surface area contributed by atoms with E-state index in [-0.39, 0.29) is 0 Å². The highest BCUT2D eigenvalue weighted by molar-refractivity contribution is 4.91. The van der Waals surface area contributed by atoms with Crippen LogP contribution in [0.3, 0.4) is 0 Å². The van der Waals surface area contributed by atoms with E-state index >= 15 is 0 Å². The van der Waals surface area contributed by atoms with E-state index in [4.69, 9.17) is 4.74 Å². The Bertz CT molecular complexity index is 162. The van der Waals surface area contributed by atoms with Gasteiger partial charge in [-0.3, -0.25) is 0 Å². The molecule has 1 aliphatic rings. The molecule has 0 spiro atoms. The van der Waals surface area contributed by atoms with Crippen LogP contribution in [0.25, 0.3) is 0 Å². The molecule has 1 aliphatic heterocycles. The molecule has 1 rings (SSSR count). The van der Waals surface area contributed by atoms with Crippen molar-refractivity contribution in [2.24, 2.45) is 0 Å². The van der Waals surface area contributed by atoms with Crippen molar-refractivity contribution in [2.45, 2.75) is 37.6 Å². The van der Waals surface area contributed by atoms with Crippen LogP contribution < -0.4 is 0 Å². The van der Waals surface area contributed by atoms with E-state index in [9.17, 15) is 15.3 Å². The molecule has 1 saturated heterocycles. The molecule has 5 heteroatoms. The first-order valence-electron chi connectivity index (χ1n) is 4.31. The number of rotatable bonds is 1. The molecular formula is C8H17NO4. The number of aliphatic hydroxyl groups is 3. The van der Waals surface area contributed by atoms with Gasteiger partial charge in [0.2, 0.25) is 0 Å². The zero-order valence-corrected chi connectivity index (χ0v) is 8.08. The summed E-state index contributed by atoms with van der Waals surface area (Å²) in [5.74, 6) is 0. The third-order valence-electron chi connectivity index (χ3n) is 2.42. The quantitative estimate of drug-likeness (QED) is 0.464. The maximum atomic E-state index is 9.66. The normalized spacial score (nSPS) is 46.8. The third-order valence-corrected chi connectivity index (χ3v) is 2.42. The average molecular weight is 191 g/mol. The first-order chi connectivity index (χ1) is 5.95. The van der Waals surface area contributed by atoms with Gasteiger partial charge in [-0.25, -0.2) is 0 Å². The molecule has 13 heavy (non-hydrogen) atoms. The van der Waals surface area contributed by atoms with E-state index in [2.05, 4.69) is 0 Å². The molecule has 1 fully saturated rings. The highest BCUT2D eigenvalue weighted by Crippen LogP contribution is 2.22. The zero-order valence-electron chi connectivity index (χ0n) is 8.08. The molecule has 0 amide bonds. The molecule has 0 aliphatic carbocycles. The van der Waals surface area contributed by atoms with Gasteiger partial charge in [0.25, 0.3) is 0 Å². The third kappa shape index (κ3) is 2.00. The van der Waals surface area contributed by atoms with Crippen LogP contribution in [-0.2, 0) is 4.74 Å². The van der Waals surface area contributed by atoms with Gasteiger partial charge < -0.3 is 25.0 Å². The molecule has 3 unspecified atom stereocenters. The highest BCUT2D eigenvalue weighted by Gasteiger charge is 2.42. The van der Waals surface area contributed by atoms with E-state index in [1.165, 1.54) is 0 Å². The molecule has 0 aromatic heterocycles. The summed E-state index contributed by atoms with van der Waals surface area (Å²) in [7, 11) is 3.48. The molecule has 0 aromatic rings. The predicted molar refractivity (Wildman–Crippen MR) is 46.0 cm³/mol. The van der Waals surface area contributed by atoms with Crippen LogP contribution in [0.4, 0.5) is 0 Å². The van der Waals surface area contributed by atoms with Gasteiger partial charge in [-0.1, -0.05) is 0 Å². The SMILES string of the molecule is CC1O[C@H](O)C(O)C(N(C)C)[C@H]1O. The summed E-state index contributed by atoms with van der Waals surface area (Å²) >= 11 is 0. The molecule has 0 aromatic carbocycles. The molecule has 3 N–H and O–H groups in total. The maximum absolute atomic E-state index is 9.66. The maximum Gasteiger partial charge on any atom is 0.182 e. The van der Waals surface area contributed by atoms with Crippen molar-refractivity contribution in [2.75, 3.05) is 14.1 Å². The van der Waals surface area contributed by atoms with Crippen LogP contribution in [0, 0.1) is 0 Å². The van der Waals surface area contributed by atoms with Gasteiger partial charge in [0.1, 0.15) is 6.10 Å². The molecule has 0 radical (unpaired) electrons. The van der Waals surface area contributed by atoms with Crippen molar-refractivity contribution in [3.63, 3.8) is 0 Å². The van der Waals surface area contributed by atoms with Crippen LogP contribution >= 0.6 is 0 Å². The van der Waals surface area contributed by atoms with Gasteiger partial charge in [0.05, 0.1) is 18.2 Å². The number of aliphatic hydroxyl groups excluding tert-OH is 3. The van der Waals surface area contributed by atoms with E-state index in [1.54, 1.807) is 25.9 Å². The molecule has 0 bridgehead atoms. The molecule has 5 nitrogen and oxygen atoms in total. The fraction of sp³-hybridized carbons (Fsp3) is 1.00. The predicted octanol–water partition coefficient (Wildman–Crippen LogP) is -1.62. The van der Waals surface area contributed by atoms with E-state index in [0.717, 1.165) is 0 Å². The zero-order chi connectivity index (χ0) is 10.2. The second-order valence-corrected chi connectivity index (χ2v) is 3.67. The minimum absolute atomic E-state index is 0.467. The Morgan fingerprint density at radius 1 is 1.08 bits per heavy atom. The Balaban J connectivity index is 2.76. The monoisotopic (exact) mass is 191 g/mol. The van der Waals surface area contributed by atoms with Gasteiger partial charge in [-0.2, -0.15) is 0 Å². The highest BCUT2D eigenvalue weighted by atomic mass is 16.6. The number of hydrogen-bond acceptors (Lipinski definition) is 5. The molecule has 0 saturated carbocycles. The second-order valence-electron chi connectivity index (χ2n) is 3.67. The summed E-state index contributed by atoms with van der Waals surface area (Å²) in [5, 5.41) is 28.5. The number of hydrogen-bond donors (Lipinski definition) is 3. The fourth-order valence-electron chi connectivity index (χ4n) is 1.64. The Kier molecular flexibility index (Phi) is 3.26. The molecule has 1 heterocycles. The minimum Gasteiger partial charge on any atom is -0.389 e. The Hall–Kier alpha value is -0.200. The summed E-state index contributed by atoms with van der Waals surface area (Å²) in [5.41, 5.74) is 0. The Labute approximate surface area is 77.5 Å². The molecule has 5 atom stereocenters. The number of likely N-dealkylation sites (N-methyl/N-ethyl adjacent to an activating group) is 1. The van der Waals surface area contributed by atoms with Gasteiger partial charge in [0.15, 0.2) is 6.29 Å². The fourth-order valence-corrected chi connectivity index (χ4v) is 1.64. The van der Waals surface area contributed by atoms with Gasteiger partial charge in [-0.05, 0) is 21.0 Å². The summed E-state index contributed by atoms with van der Waals surface area (Å²) in [6.45, 7) is 1.66. The molecule has 78 valence electrons. The largest absolute Gasteiger partial charge is 0.389 e. The van der Waals surface area contributed by atoms with Crippen LogP contribution in [0.1, 0.15) is 6.92 Å². The van der Waals surface area contributed by atoms with Crippen LogP contribution in [0.15, 0.2) is 0 Å². The summed E-state index contributed by atoms with van der Waals surface area (Å²) in [4.78, 5) is 1.68. The Morgan fingerprint density at radius 2 is 1.62 bits per heavy atom. The summed E-state index contributed by atoms with van der Waals surface area (Å²) in [6.07, 6.45) is -3.54. The first kappa shape index (κ1) is 10.9. The second kappa shape index (κ2) is 3.89. The number of nitrogens with zero attached hydrogens (tertiary/aromatic N) is 1. The number of ether oxygens (including phenoxy) is 1. The summed E-state index contributed by atoms with van der Waals surface area (Å²) in [6, 6.07) is -0.487. The van der Waals surface area contributed by atoms with E-state index in [1.807, 2.05) is 0 Å². The minimum atomic E-state index is -1.22. The van der Waals surface area contributed by atoms with Crippen LogP contribution in [0.2, 0.25) is 0 Å². The van der Waals surface area contributed by atoms with Crippen LogP contribution in [-0.4, -0.2) is 65.0 Å². The van der Waals surface area contributed by atoms with Crippen molar-refractivity contribution in [1.29, 1.82) is 0 Å². The van der Waals surface area contributed by atoms with Gasteiger partial charge in [0, 0.05) is 0 Å². The van der Waals surface area contributed by atoms with E-state index in [0.29, 0.717) is 0 Å².